The number of aryl methyl sites for hydroxylation is 2. The molecule has 0 saturated heterocycles. The minimum atomic E-state index is 0.631. The second kappa shape index (κ2) is 6.50. The highest BCUT2D eigenvalue weighted by atomic mass is 15.0. The molecule has 3 aromatic heterocycles. The standard InChI is InChI=1S/C23H19N5/c1-28-21-7-3-2-5-15(21)10-22(28)20-14-25-13-19(18(20)11-24)17-9-16-6-4-8-26-23(16)27-12-17/h2-3,5,7,9-10,12-14H,4,6,8H2,1H3,(H,26,27). The maximum Gasteiger partial charge on any atom is 0.129 e. The van der Waals surface area contributed by atoms with E-state index in [1.54, 1.807) is 12.4 Å². The molecule has 5 rings (SSSR count). The molecule has 0 unspecified atom stereocenters. The van der Waals surface area contributed by atoms with Crippen LogP contribution in [0, 0.1) is 11.3 Å². The van der Waals surface area contributed by atoms with Gasteiger partial charge in [-0.2, -0.15) is 5.26 Å². The van der Waals surface area contributed by atoms with E-state index >= 15 is 0 Å². The van der Waals surface area contributed by atoms with Crippen LogP contribution in [-0.2, 0) is 13.5 Å². The van der Waals surface area contributed by atoms with Crippen LogP contribution in [0.4, 0.5) is 5.82 Å². The van der Waals surface area contributed by atoms with Crippen LogP contribution in [0.2, 0.25) is 0 Å². The van der Waals surface area contributed by atoms with E-state index < -0.39 is 0 Å². The normalized spacial score (nSPS) is 13.0. The first-order chi connectivity index (χ1) is 13.8. The number of hydrogen-bond acceptors (Lipinski definition) is 4. The molecule has 0 spiro atoms. The molecule has 0 atom stereocenters. The third-order valence-corrected chi connectivity index (χ3v) is 5.48. The van der Waals surface area contributed by atoms with Crippen LogP contribution < -0.4 is 5.32 Å². The molecule has 28 heavy (non-hydrogen) atoms. The number of nitriles is 1. The molecular weight excluding hydrogens is 346 g/mol. The summed E-state index contributed by atoms with van der Waals surface area (Å²) in [6, 6.07) is 14.9. The van der Waals surface area contributed by atoms with E-state index in [0.717, 1.165) is 58.5 Å². The number of para-hydroxylation sites is 1. The van der Waals surface area contributed by atoms with Crippen molar-refractivity contribution in [1.29, 1.82) is 5.26 Å². The first kappa shape index (κ1) is 16.5. The lowest BCUT2D eigenvalue weighted by Crippen LogP contribution is -2.13. The Balaban J connectivity index is 1.70. The fourth-order valence-electron chi connectivity index (χ4n) is 4.03. The Labute approximate surface area is 163 Å². The van der Waals surface area contributed by atoms with Crippen molar-refractivity contribution in [3.05, 3.63) is 66.1 Å². The van der Waals surface area contributed by atoms with E-state index in [1.165, 1.54) is 5.56 Å². The number of anilines is 1. The molecule has 4 heterocycles. The van der Waals surface area contributed by atoms with E-state index in [4.69, 9.17) is 0 Å². The monoisotopic (exact) mass is 365 g/mol. The molecule has 1 N–H and O–H groups in total. The number of aromatic nitrogens is 3. The third kappa shape index (κ3) is 2.54. The number of fused-ring (bicyclic) bond motifs is 2. The third-order valence-electron chi connectivity index (χ3n) is 5.48. The van der Waals surface area contributed by atoms with Gasteiger partial charge < -0.3 is 9.88 Å². The summed E-state index contributed by atoms with van der Waals surface area (Å²) in [4.78, 5) is 9.03. The molecule has 0 fully saturated rings. The van der Waals surface area contributed by atoms with Gasteiger partial charge in [-0.25, -0.2) is 4.98 Å². The number of benzene rings is 1. The lowest BCUT2D eigenvalue weighted by Gasteiger charge is -2.18. The summed E-state index contributed by atoms with van der Waals surface area (Å²) in [6.07, 6.45) is 7.48. The predicted molar refractivity (Wildman–Crippen MR) is 111 cm³/mol. The van der Waals surface area contributed by atoms with Gasteiger partial charge in [0.05, 0.1) is 11.3 Å². The Morgan fingerprint density at radius 3 is 2.82 bits per heavy atom. The van der Waals surface area contributed by atoms with E-state index in [0.29, 0.717) is 5.56 Å². The van der Waals surface area contributed by atoms with Gasteiger partial charge in [0.15, 0.2) is 0 Å². The average Bonchev–Trinajstić information content (AvgIpc) is 3.09. The molecule has 1 aliphatic heterocycles. The average molecular weight is 365 g/mol. The summed E-state index contributed by atoms with van der Waals surface area (Å²) in [5.41, 5.74) is 6.55. The lowest BCUT2D eigenvalue weighted by atomic mass is 9.96. The van der Waals surface area contributed by atoms with Gasteiger partial charge >= 0.3 is 0 Å². The summed E-state index contributed by atoms with van der Waals surface area (Å²) in [6.45, 7) is 0.959. The summed E-state index contributed by atoms with van der Waals surface area (Å²) in [7, 11) is 2.03. The van der Waals surface area contributed by atoms with Crippen LogP contribution in [0.5, 0.6) is 0 Å². The highest BCUT2D eigenvalue weighted by Crippen LogP contribution is 2.34. The molecule has 0 amide bonds. The van der Waals surface area contributed by atoms with Crippen molar-refractivity contribution in [2.45, 2.75) is 12.8 Å². The number of nitrogens with zero attached hydrogens (tertiary/aromatic N) is 4. The highest BCUT2D eigenvalue weighted by molar-refractivity contribution is 5.89. The Hall–Kier alpha value is -3.65. The summed E-state index contributed by atoms with van der Waals surface area (Å²) in [5.74, 6) is 0.950. The molecular formula is C23H19N5. The molecule has 5 heteroatoms. The van der Waals surface area contributed by atoms with Gasteiger partial charge in [0.1, 0.15) is 11.9 Å². The first-order valence-electron chi connectivity index (χ1n) is 9.42. The first-order valence-corrected chi connectivity index (χ1v) is 9.42. The van der Waals surface area contributed by atoms with Crippen molar-refractivity contribution in [1.82, 2.24) is 14.5 Å². The van der Waals surface area contributed by atoms with Crippen LogP contribution >= 0.6 is 0 Å². The quantitative estimate of drug-likeness (QED) is 0.567. The number of nitrogens with one attached hydrogen (secondary N) is 1. The minimum Gasteiger partial charge on any atom is -0.370 e. The SMILES string of the molecule is Cn1c(-c2cncc(-c3cnc4c(c3)CCCN4)c2C#N)cc2ccccc21. The Morgan fingerprint density at radius 2 is 1.96 bits per heavy atom. The fraction of sp³-hybridized carbons (Fsp3) is 0.174. The van der Waals surface area contributed by atoms with Crippen molar-refractivity contribution in [3.63, 3.8) is 0 Å². The van der Waals surface area contributed by atoms with E-state index in [9.17, 15) is 5.26 Å². The predicted octanol–water partition coefficient (Wildman–Crippen LogP) is 4.53. The van der Waals surface area contributed by atoms with E-state index in [2.05, 4.69) is 50.2 Å². The zero-order valence-corrected chi connectivity index (χ0v) is 15.6. The molecule has 0 radical (unpaired) electrons. The molecule has 0 aliphatic carbocycles. The van der Waals surface area contributed by atoms with Crippen molar-refractivity contribution in [3.8, 4) is 28.5 Å². The Bertz CT molecular complexity index is 1250. The number of pyridine rings is 2. The molecule has 1 aromatic carbocycles. The maximum absolute atomic E-state index is 10.0. The van der Waals surface area contributed by atoms with Gasteiger partial charge in [0, 0.05) is 59.8 Å². The smallest absolute Gasteiger partial charge is 0.129 e. The van der Waals surface area contributed by atoms with E-state index in [1.807, 2.05) is 25.4 Å². The zero-order valence-electron chi connectivity index (χ0n) is 15.6. The second-order valence-corrected chi connectivity index (χ2v) is 7.13. The van der Waals surface area contributed by atoms with Gasteiger partial charge in [-0.15, -0.1) is 0 Å². The van der Waals surface area contributed by atoms with Gasteiger partial charge in [0.2, 0.25) is 0 Å². The minimum absolute atomic E-state index is 0.631. The van der Waals surface area contributed by atoms with Crippen LogP contribution in [-0.4, -0.2) is 21.1 Å². The molecule has 5 nitrogen and oxygen atoms in total. The van der Waals surface area contributed by atoms with Gasteiger partial charge in [0.25, 0.3) is 0 Å². The second-order valence-electron chi connectivity index (χ2n) is 7.13. The summed E-state index contributed by atoms with van der Waals surface area (Å²) >= 11 is 0. The molecule has 136 valence electrons. The van der Waals surface area contributed by atoms with Crippen LogP contribution in [0.3, 0.4) is 0 Å². The topological polar surface area (TPSA) is 66.5 Å². The number of rotatable bonds is 2. The molecule has 0 saturated carbocycles. The lowest BCUT2D eigenvalue weighted by molar-refractivity contribution is 0.818. The Kier molecular flexibility index (Phi) is 3.84. The maximum atomic E-state index is 10.0. The van der Waals surface area contributed by atoms with Gasteiger partial charge in [-0.1, -0.05) is 18.2 Å². The van der Waals surface area contributed by atoms with Crippen LogP contribution in [0.1, 0.15) is 17.5 Å². The van der Waals surface area contributed by atoms with Crippen molar-refractivity contribution >= 4 is 16.7 Å². The largest absolute Gasteiger partial charge is 0.370 e. The van der Waals surface area contributed by atoms with Crippen molar-refractivity contribution < 1.29 is 0 Å². The highest BCUT2D eigenvalue weighted by Gasteiger charge is 2.18. The van der Waals surface area contributed by atoms with Crippen molar-refractivity contribution in [2.24, 2.45) is 7.05 Å². The van der Waals surface area contributed by atoms with Crippen LogP contribution in [0.15, 0.2) is 55.0 Å². The molecule has 0 bridgehead atoms. The number of hydrogen-bond donors (Lipinski definition) is 1. The molecule has 1 aliphatic rings. The van der Waals surface area contributed by atoms with E-state index in [-0.39, 0.29) is 0 Å². The summed E-state index contributed by atoms with van der Waals surface area (Å²) in [5, 5.41) is 14.5. The fourth-order valence-corrected chi connectivity index (χ4v) is 4.03. The Morgan fingerprint density at radius 1 is 1.11 bits per heavy atom. The zero-order chi connectivity index (χ0) is 19.1. The van der Waals surface area contributed by atoms with Crippen molar-refractivity contribution in [2.75, 3.05) is 11.9 Å². The van der Waals surface area contributed by atoms with Gasteiger partial charge in [-0.05, 0) is 36.6 Å². The van der Waals surface area contributed by atoms with Crippen LogP contribution in [0.25, 0.3) is 33.3 Å². The van der Waals surface area contributed by atoms with Gasteiger partial charge in [-0.3, -0.25) is 4.98 Å². The summed E-state index contributed by atoms with van der Waals surface area (Å²) < 4.78 is 2.12. The molecule has 4 aromatic rings.